The maximum Gasteiger partial charge on any atom is 0.246 e. The predicted octanol–water partition coefficient (Wildman–Crippen LogP) is 3.83. The minimum Gasteiger partial charge on any atom is -0.457 e. The SMILES string of the molecule is CN(C)C/C=C/C(=O)N1CCC(O)(C#Cc2c(-c3ccc(Oc4ccccc4)cc3)c3c(N)ncnc3n2C)CC1. The van der Waals surface area contributed by atoms with E-state index in [1.807, 2.05) is 91.3 Å². The Bertz CT molecular complexity index is 1620. The van der Waals surface area contributed by atoms with Crippen LogP contribution in [0.5, 0.6) is 11.5 Å². The van der Waals surface area contributed by atoms with Crippen molar-refractivity contribution in [3.8, 4) is 34.5 Å². The van der Waals surface area contributed by atoms with Crippen LogP contribution in [-0.2, 0) is 11.8 Å². The van der Waals surface area contributed by atoms with E-state index in [1.54, 1.807) is 11.0 Å². The summed E-state index contributed by atoms with van der Waals surface area (Å²) in [5.41, 5.74) is 8.10. The van der Waals surface area contributed by atoms with Crippen LogP contribution in [0.4, 0.5) is 5.82 Å². The van der Waals surface area contributed by atoms with Crippen LogP contribution in [0, 0.1) is 11.8 Å². The topological polar surface area (TPSA) is 110 Å². The molecular formula is C32H34N6O3. The number of piperidine rings is 1. The van der Waals surface area contributed by atoms with Crippen molar-refractivity contribution < 1.29 is 14.6 Å². The van der Waals surface area contributed by atoms with Crippen molar-refractivity contribution in [1.29, 1.82) is 0 Å². The van der Waals surface area contributed by atoms with Crippen LogP contribution in [-0.4, -0.2) is 74.7 Å². The number of hydrogen-bond donors (Lipinski definition) is 2. The minimum atomic E-state index is -1.22. The van der Waals surface area contributed by atoms with Crippen LogP contribution >= 0.6 is 0 Å². The van der Waals surface area contributed by atoms with E-state index < -0.39 is 5.60 Å². The lowest BCUT2D eigenvalue weighted by atomic mass is 9.91. The fourth-order valence-corrected chi connectivity index (χ4v) is 4.88. The number of fused-ring (bicyclic) bond motifs is 1. The molecule has 1 aliphatic heterocycles. The summed E-state index contributed by atoms with van der Waals surface area (Å²) in [6.07, 6.45) is 5.60. The number of anilines is 1. The Morgan fingerprint density at radius 1 is 1.10 bits per heavy atom. The molecule has 210 valence electrons. The van der Waals surface area contributed by atoms with Gasteiger partial charge in [0, 0.05) is 51.2 Å². The van der Waals surface area contributed by atoms with E-state index in [0.717, 1.165) is 16.9 Å². The summed E-state index contributed by atoms with van der Waals surface area (Å²) in [5, 5.41) is 12.0. The molecule has 1 amide bonds. The maximum absolute atomic E-state index is 12.5. The molecule has 9 nitrogen and oxygen atoms in total. The van der Waals surface area contributed by atoms with E-state index in [2.05, 4.69) is 21.8 Å². The summed E-state index contributed by atoms with van der Waals surface area (Å²) in [6.45, 7) is 1.55. The third kappa shape index (κ3) is 6.24. The summed E-state index contributed by atoms with van der Waals surface area (Å²) >= 11 is 0. The van der Waals surface area contributed by atoms with Gasteiger partial charge < -0.3 is 29.9 Å². The molecule has 1 saturated heterocycles. The number of aryl methyl sites for hydroxylation is 1. The van der Waals surface area contributed by atoms with E-state index in [1.165, 1.54) is 6.33 Å². The number of rotatable bonds is 6. The third-order valence-corrected chi connectivity index (χ3v) is 7.17. The molecule has 5 rings (SSSR count). The molecule has 9 heteroatoms. The van der Waals surface area contributed by atoms with E-state index in [9.17, 15) is 9.90 Å². The fraction of sp³-hybridized carbons (Fsp3) is 0.281. The first-order valence-electron chi connectivity index (χ1n) is 13.5. The first-order valence-corrected chi connectivity index (χ1v) is 13.5. The van der Waals surface area contributed by atoms with Crippen LogP contribution in [0.25, 0.3) is 22.2 Å². The molecule has 1 aliphatic rings. The van der Waals surface area contributed by atoms with Crippen molar-refractivity contribution in [1.82, 2.24) is 24.3 Å². The Morgan fingerprint density at radius 2 is 1.78 bits per heavy atom. The number of hydrogen-bond acceptors (Lipinski definition) is 7. The Balaban J connectivity index is 1.42. The number of para-hydroxylation sites is 1. The number of nitrogens with two attached hydrogens (primary N) is 1. The highest BCUT2D eigenvalue weighted by atomic mass is 16.5. The normalized spacial score (nSPS) is 14.8. The lowest BCUT2D eigenvalue weighted by Gasteiger charge is -2.34. The number of ether oxygens (including phenoxy) is 1. The zero-order chi connectivity index (χ0) is 29.0. The second-order valence-corrected chi connectivity index (χ2v) is 10.5. The van der Waals surface area contributed by atoms with Crippen molar-refractivity contribution in [2.45, 2.75) is 18.4 Å². The smallest absolute Gasteiger partial charge is 0.246 e. The number of amides is 1. The standard InChI is InChI=1S/C32H34N6O3/c1-36(2)19-7-10-27(39)38-20-17-32(40,18-21-38)16-15-26-28(29-30(33)34-22-35-31(29)37(26)3)23-11-13-25(14-12-23)41-24-8-5-4-6-9-24/h4-14,22,40H,17-21H2,1-3H3,(H2,33,34,35)/b10-7+. The molecule has 0 spiro atoms. The molecule has 0 radical (unpaired) electrons. The average molecular weight is 551 g/mol. The van der Waals surface area contributed by atoms with Gasteiger partial charge in [0.05, 0.1) is 5.39 Å². The molecule has 2 aromatic carbocycles. The van der Waals surface area contributed by atoms with Gasteiger partial charge in [0.25, 0.3) is 0 Å². The number of nitrogens with zero attached hydrogens (tertiary/aromatic N) is 5. The Kier molecular flexibility index (Phi) is 8.06. The molecule has 0 bridgehead atoms. The number of carbonyl (C=O) groups excluding carboxylic acids is 1. The van der Waals surface area contributed by atoms with Gasteiger partial charge in [-0.3, -0.25) is 4.79 Å². The van der Waals surface area contributed by atoms with Gasteiger partial charge in [-0.25, -0.2) is 9.97 Å². The van der Waals surface area contributed by atoms with Crippen LogP contribution in [0.15, 0.2) is 73.1 Å². The summed E-state index contributed by atoms with van der Waals surface area (Å²) in [5.74, 6) is 8.11. The number of aromatic nitrogens is 3. The first kappa shape index (κ1) is 27.9. The van der Waals surface area contributed by atoms with E-state index in [0.29, 0.717) is 60.8 Å². The number of benzene rings is 2. The summed E-state index contributed by atoms with van der Waals surface area (Å²) in [6, 6.07) is 17.3. The van der Waals surface area contributed by atoms with E-state index >= 15 is 0 Å². The van der Waals surface area contributed by atoms with Crippen LogP contribution in [0.2, 0.25) is 0 Å². The monoisotopic (exact) mass is 550 g/mol. The van der Waals surface area contributed by atoms with Gasteiger partial charge >= 0.3 is 0 Å². The van der Waals surface area contributed by atoms with E-state index in [4.69, 9.17) is 10.5 Å². The molecule has 0 atom stereocenters. The van der Waals surface area contributed by atoms with Crippen molar-refractivity contribution in [3.05, 3.63) is 78.8 Å². The largest absolute Gasteiger partial charge is 0.457 e. The van der Waals surface area contributed by atoms with Gasteiger partial charge in [0.1, 0.15) is 40.6 Å². The molecule has 2 aromatic heterocycles. The van der Waals surface area contributed by atoms with Crippen molar-refractivity contribution in [2.75, 3.05) is 39.5 Å². The molecule has 0 saturated carbocycles. The number of carbonyl (C=O) groups is 1. The van der Waals surface area contributed by atoms with Gasteiger partial charge in [-0.05, 0) is 49.8 Å². The van der Waals surface area contributed by atoms with E-state index in [-0.39, 0.29) is 5.91 Å². The van der Waals surface area contributed by atoms with Crippen LogP contribution in [0.3, 0.4) is 0 Å². The summed E-state index contributed by atoms with van der Waals surface area (Å²) in [4.78, 5) is 25.0. The second-order valence-electron chi connectivity index (χ2n) is 10.5. The molecule has 0 aliphatic carbocycles. The molecule has 3 heterocycles. The van der Waals surface area contributed by atoms with Gasteiger partial charge in [0.2, 0.25) is 5.91 Å². The number of aliphatic hydroxyl groups is 1. The zero-order valence-electron chi connectivity index (χ0n) is 23.5. The third-order valence-electron chi connectivity index (χ3n) is 7.17. The van der Waals surface area contributed by atoms with Crippen molar-refractivity contribution >= 4 is 22.8 Å². The van der Waals surface area contributed by atoms with Crippen LogP contribution in [0.1, 0.15) is 18.5 Å². The number of likely N-dealkylation sites (N-methyl/N-ethyl adjacent to an activating group) is 1. The van der Waals surface area contributed by atoms with Crippen molar-refractivity contribution in [2.24, 2.45) is 7.05 Å². The van der Waals surface area contributed by atoms with Gasteiger partial charge in [-0.1, -0.05) is 42.3 Å². The Morgan fingerprint density at radius 3 is 2.46 bits per heavy atom. The fourth-order valence-electron chi connectivity index (χ4n) is 4.88. The second kappa shape index (κ2) is 11.8. The molecular weight excluding hydrogens is 516 g/mol. The van der Waals surface area contributed by atoms with Gasteiger partial charge in [-0.2, -0.15) is 0 Å². The quantitative estimate of drug-likeness (QED) is 0.277. The molecule has 3 N–H and O–H groups in total. The minimum absolute atomic E-state index is 0.0495. The molecule has 41 heavy (non-hydrogen) atoms. The maximum atomic E-state index is 12.5. The number of nitrogen functional groups attached to an aromatic ring is 1. The highest BCUT2D eigenvalue weighted by Gasteiger charge is 2.32. The molecule has 0 unspecified atom stereocenters. The zero-order valence-corrected chi connectivity index (χ0v) is 23.5. The van der Waals surface area contributed by atoms with Crippen LogP contribution < -0.4 is 10.5 Å². The Labute approximate surface area is 239 Å². The highest BCUT2D eigenvalue weighted by Crippen LogP contribution is 2.37. The summed E-state index contributed by atoms with van der Waals surface area (Å²) < 4.78 is 7.84. The Hall–Kier alpha value is -4.65. The number of likely N-dealkylation sites (tertiary alicyclic amines) is 1. The lowest BCUT2D eigenvalue weighted by Crippen LogP contribution is -2.45. The highest BCUT2D eigenvalue weighted by molar-refractivity contribution is 6.03. The summed E-state index contributed by atoms with van der Waals surface area (Å²) in [7, 11) is 5.78. The lowest BCUT2D eigenvalue weighted by molar-refractivity contribution is -0.128. The van der Waals surface area contributed by atoms with Gasteiger partial charge in [-0.15, -0.1) is 0 Å². The predicted molar refractivity (Wildman–Crippen MR) is 160 cm³/mol. The van der Waals surface area contributed by atoms with Gasteiger partial charge in [0.15, 0.2) is 0 Å². The average Bonchev–Trinajstić information content (AvgIpc) is 3.25. The molecule has 4 aromatic rings. The molecule has 1 fully saturated rings. The van der Waals surface area contributed by atoms with Crippen molar-refractivity contribution in [3.63, 3.8) is 0 Å². The first-order chi connectivity index (χ1) is 19.7.